The van der Waals surface area contributed by atoms with Gasteiger partial charge in [0.15, 0.2) is 6.10 Å². The van der Waals surface area contributed by atoms with Crippen molar-refractivity contribution in [3.8, 4) is 0 Å². The molecule has 0 aliphatic carbocycles. The third-order valence-electron chi connectivity index (χ3n) is 11.2. The summed E-state index contributed by atoms with van der Waals surface area (Å²) in [4.78, 5) is 37.9. The van der Waals surface area contributed by atoms with Crippen molar-refractivity contribution in [3.63, 3.8) is 0 Å². The van der Waals surface area contributed by atoms with Crippen LogP contribution >= 0.6 is 0 Å². The summed E-state index contributed by atoms with van der Waals surface area (Å²) < 4.78 is 16.8. The van der Waals surface area contributed by atoms with Gasteiger partial charge >= 0.3 is 17.9 Å². The number of esters is 3. The number of allylic oxidation sites excluding steroid dienone is 4. The van der Waals surface area contributed by atoms with Crippen molar-refractivity contribution in [2.24, 2.45) is 0 Å². The first-order valence-electron chi connectivity index (χ1n) is 25.3. The fourth-order valence-electron chi connectivity index (χ4n) is 7.30. The zero-order valence-electron chi connectivity index (χ0n) is 38.8. The molecule has 0 saturated heterocycles. The Balaban J connectivity index is 4.33. The number of rotatable bonds is 46. The molecule has 340 valence electrons. The van der Waals surface area contributed by atoms with Crippen molar-refractivity contribution in [2.75, 3.05) is 13.2 Å². The summed E-state index contributed by atoms with van der Waals surface area (Å²) in [5, 5.41) is 0. The van der Waals surface area contributed by atoms with Gasteiger partial charge in [-0.05, 0) is 64.2 Å². The van der Waals surface area contributed by atoms with Crippen LogP contribution in [-0.4, -0.2) is 37.2 Å². The summed E-state index contributed by atoms with van der Waals surface area (Å²) >= 11 is 0. The number of hydrogen-bond acceptors (Lipinski definition) is 6. The molecule has 0 fully saturated rings. The zero-order valence-corrected chi connectivity index (χ0v) is 38.8. The molecule has 0 rings (SSSR count). The van der Waals surface area contributed by atoms with Crippen molar-refractivity contribution in [1.82, 2.24) is 0 Å². The molecule has 0 aromatic carbocycles. The molecule has 0 bridgehead atoms. The van der Waals surface area contributed by atoms with E-state index in [0.717, 1.165) is 70.6 Å². The Morgan fingerprint density at radius 3 is 0.931 bits per heavy atom. The van der Waals surface area contributed by atoms with Crippen LogP contribution in [0.1, 0.15) is 271 Å². The second-order valence-corrected chi connectivity index (χ2v) is 17.1. The van der Waals surface area contributed by atoms with Gasteiger partial charge in [-0.1, -0.05) is 212 Å². The summed E-state index contributed by atoms with van der Waals surface area (Å²) in [6.45, 7) is 6.59. The Bertz CT molecular complexity index is 942. The second kappa shape index (κ2) is 47.6. The van der Waals surface area contributed by atoms with Gasteiger partial charge in [-0.15, -0.1) is 0 Å². The monoisotopic (exact) mass is 817 g/mol. The van der Waals surface area contributed by atoms with Crippen LogP contribution in [0.25, 0.3) is 0 Å². The van der Waals surface area contributed by atoms with Crippen LogP contribution in [0.2, 0.25) is 0 Å². The van der Waals surface area contributed by atoms with Crippen LogP contribution in [0.4, 0.5) is 0 Å². The average molecular weight is 817 g/mol. The molecule has 0 radical (unpaired) electrons. The zero-order chi connectivity index (χ0) is 42.3. The topological polar surface area (TPSA) is 78.9 Å². The van der Waals surface area contributed by atoms with Crippen molar-refractivity contribution in [3.05, 3.63) is 24.3 Å². The molecule has 0 aromatic rings. The SMILES string of the molecule is CCCC/C=C\CCCCCCCC(=O)OC[C@H](COC(=O)CCCCCCCCCCCCCCCCCC)OC(=O)CCCCCCC/C=C\CCCCCC. The van der Waals surface area contributed by atoms with E-state index in [-0.39, 0.29) is 31.1 Å². The van der Waals surface area contributed by atoms with Crippen molar-refractivity contribution in [1.29, 1.82) is 0 Å². The average Bonchev–Trinajstić information content (AvgIpc) is 3.22. The number of unbranched alkanes of at least 4 members (excludes halogenated alkanes) is 31. The molecule has 0 heterocycles. The fraction of sp³-hybridized carbons (Fsp3) is 0.865. The van der Waals surface area contributed by atoms with Crippen LogP contribution < -0.4 is 0 Å². The molecule has 0 N–H and O–H groups in total. The highest BCUT2D eigenvalue weighted by molar-refractivity contribution is 5.71. The van der Waals surface area contributed by atoms with E-state index in [2.05, 4.69) is 45.1 Å². The lowest BCUT2D eigenvalue weighted by Gasteiger charge is -2.18. The van der Waals surface area contributed by atoms with Gasteiger partial charge in [0.2, 0.25) is 0 Å². The van der Waals surface area contributed by atoms with Crippen molar-refractivity contribution in [2.45, 2.75) is 277 Å². The molecular formula is C52H96O6. The van der Waals surface area contributed by atoms with Gasteiger partial charge < -0.3 is 14.2 Å². The van der Waals surface area contributed by atoms with Gasteiger partial charge in [-0.25, -0.2) is 0 Å². The van der Waals surface area contributed by atoms with Gasteiger partial charge in [0.25, 0.3) is 0 Å². The normalized spacial score (nSPS) is 12.1. The predicted octanol–water partition coefficient (Wildman–Crippen LogP) is 16.4. The van der Waals surface area contributed by atoms with Gasteiger partial charge in [-0.3, -0.25) is 14.4 Å². The number of ether oxygens (including phenoxy) is 3. The van der Waals surface area contributed by atoms with Gasteiger partial charge in [-0.2, -0.15) is 0 Å². The summed E-state index contributed by atoms with van der Waals surface area (Å²) in [6, 6.07) is 0. The molecule has 0 amide bonds. The Labute approximate surface area is 360 Å². The lowest BCUT2D eigenvalue weighted by molar-refractivity contribution is -0.167. The van der Waals surface area contributed by atoms with Crippen LogP contribution in [0.15, 0.2) is 24.3 Å². The summed E-state index contributed by atoms with van der Waals surface area (Å²) in [6.07, 6.45) is 53.0. The Morgan fingerprint density at radius 2 is 0.586 bits per heavy atom. The molecule has 58 heavy (non-hydrogen) atoms. The van der Waals surface area contributed by atoms with Crippen molar-refractivity contribution < 1.29 is 28.6 Å². The molecule has 0 aliphatic rings. The predicted molar refractivity (Wildman–Crippen MR) is 247 cm³/mol. The molecular weight excluding hydrogens is 721 g/mol. The molecule has 1 atom stereocenters. The minimum Gasteiger partial charge on any atom is -0.462 e. The summed E-state index contributed by atoms with van der Waals surface area (Å²) in [5.41, 5.74) is 0. The lowest BCUT2D eigenvalue weighted by Crippen LogP contribution is -2.30. The number of hydrogen-bond donors (Lipinski definition) is 0. The third kappa shape index (κ3) is 45.0. The van der Waals surface area contributed by atoms with Crippen LogP contribution in [-0.2, 0) is 28.6 Å². The quantitative estimate of drug-likeness (QED) is 0.0263. The first-order chi connectivity index (χ1) is 28.5. The Kier molecular flexibility index (Phi) is 45.8. The van der Waals surface area contributed by atoms with Crippen LogP contribution in [0.3, 0.4) is 0 Å². The summed E-state index contributed by atoms with van der Waals surface area (Å²) in [7, 11) is 0. The minimum absolute atomic E-state index is 0.0737. The molecule has 0 spiro atoms. The molecule has 0 saturated carbocycles. The van der Waals surface area contributed by atoms with E-state index >= 15 is 0 Å². The first kappa shape index (κ1) is 55.9. The van der Waals surface area contributed by atoms with E-state index in [9.17, 15) is 14.4 Å². The van der Waals surface area contributed by atoms with E-state index in [1.54, 1.807) is 0 Å². The largest absolute Gasteiger partial charge is 0.462 e. The lowest BCUT2D eigenvalue weighted by atomic mass is 10.0. The standard InChI is InChI=1S/C52H96O6/c1-4-7-10-13-16-19-22-24-25-26-28-30-33-36-39-42-45-51(54)57-48-49(47-56-50(53)44-41-38-35-32-29-21-18-15-12-9-6-3)58-52(55)46-43-40-37-34-31-27-23-20-17-14-11-8-5-2/h15,18,20,23,49H,4-14,16-17,19,21-22,24-48H2,1-3H3/b18-15-,23-20-/t49-/m1/s1. The van der Waals surface area contributed by atoms with Gasteiger partial charge in [0, 0.05) is 19.3 Å². The second-order valence-electron chi connectivity index (χ2n) is 17.1. The Morgan fingerprint density at radius 1 is 0.328 bits per heavy atom. The van der Waals surface area contributed by atoms with E-state index in [1.807, 2.05) is 0 Å². The number of carbonyl (C=O) groups excluding carboxylic acids is 3. The van der Waals surface area contributed by atoms with Gasteiger partial charge in [0.1, 0.15) is 13.2 Å². The molecule has 0 aliphatic heterocycles. The Hall–Kier alpha value is -2.11. The van der Waals surface area contributed by atoms with E-state index < -0.39 is 6.10 Å². The van der Waals surface area contributed by atoms with E-state index in [0.29, 0.717) is 19.3 Å². The minimum atomic E-state index is -0.773. The smallest absolute Gasteiger partial charge is 0.306 e. The maximum atomic E-state index is 12.7. The van der Waals surface area contributed by atoms with Gasteiger partial charge in [0.05, 0.1) is 0 Å². The molecule has 0 unspecified atom stereocenters. The maximum Gasteiger partial charge on any atom is 0.306 e. The highest BCUT2D eigenvalue weighted by Crippen LogP contribution is 2.16. The third-order valence-corrected chi connectivity index (χ3v) is 11.2. The fourth-order valence-corrected chi connectivity index (χ4v) is 7.30. The molecule has 6 heteroatoms. The highest BCUT2D eigenvalue weighted by Gasteiger charge is 2.19. The van der Waals surface area contributed by atoms with E-state index in [1.165, 1.54) is 161 Å². The van der Waals surface area contributed by atoms with E-state index in [4.69, 9.17) is 14.2 Å². The molecule has 6 nitrogen and oxygen atoms in total. The van der Waals surface area contributed by atoms with Crippen LogP contribution in [0.5, 0.6) is 0 Å². The van der Waals surface area contributed by atoms with Crippen LogP contribution in [0, 0.1) is 0 Å². The number of carbonyl (C=O) groups is 3. The summed E-state index contributed by atoms with van der Waals surface area (Å²) in [5.74, 6) is -0.882. The van der Waals surface area contributed by atoms with Crippen molar-refractivity contribution >= 4 is 17.9 Å². The highest BCUT2D eigenvalue weighted by atomic mass is 16.6. The maximum absolute atomic E-state index is 12.7. The first-order valence-corrected chi connectivity index (χ1v) is 25.3. The molecule has 0 aromatic heterocycles.